The largest absolute Gasteiger partial charge is 0.337 e. The van der Waals surface area contributed by atoms with E-state index in [4.69, 9.17) is 21.9 Å². The van der Waals surface area contributed by atoms with Crippen molar-refractivity contribution in [3.8, 4) is 11.4 Å². The standard InChI is InChI=1S/C12H13ClFN3OS/c1-19-5-4-10(15)12-16-11(17-18-12)7-2-3-9(14)8(13)6-7/h2-3,6,10H,4-5,15H2,1H3/t10-/m1/s1. The minimum absolute atomic E-state index is 0.0236. The van der Waals surface area contributed by atoms with Crippen molar-refractivity contribution in [2.24, 2.45) is 5.73 Å². The van der Waals surface area contributed by atoms with Crippen LogP contribution < -0.4 is 5.73 Å². The molecule has 0 spiro atoms. The number of nitrogens with zero attached hydrogens (tertiary/aromatic N) is 2. The fraction of sp³-hybridized carbons (Fsp3) is 0.333. The van der Waals surface area contributed by atoms with Crippen LogP contribution in [0.3, 0.4) is 0 Å². The molecule has 0 aliphatic rings. The van der Waals surface area contributed by atoms with Gasteiger partial charge in [-0.25, -0.2) is 4.39 Å². The Balaban J connectivity index is 2.18. The van der Waals surface area contributed by atoms with Gasteiger partial charge in [-0.05, 0) is 36.6 Å². The number of hydrogen-bond donors (Lipinski definition) is 1. The molecule has 0 fully saturated rings. The van der Waals surface area contributed by atoms with Crippen LogP contribution in [0.2, 0.25) is 5.02 Å². The van der Waals surface area contributed by atoms with Crippen LogP contribution in [0.1, 0.15) is 18.4 Å². The maximum atomic E-state index is 13.1. The van der Waals surface area contributed by atoms with Gasteiger partial charge in [0.2, 0.25) is 11.7 Å². The van der Waals surface area contributed by atoms with Gasteiger partial charge in [0.15, 0.2) is 0 Å². The SMILES string of the molecule is CSCC[C@@H](N)c1nc(-c2ccc(F)c(Cl)c2)no1. The normalized spacial score (nSPS) is 12.6. The third-order valence-corrected chi connectivity index (χ3v) is 3.50. The van der Waals surface area contributed by atoms with Gasteiger partial charge in [-0.15, -0.1) is 0 Å². The average molecular weight is 302 g/mol. The Morgan fingerprint density at radius 3 is 3.00 bits per heavy atom. The number of benzene rings is 1. The smallest absolute Gasteiger partial charge is 0.243 e. The molecule has 0 unspecified atom stereocenters. The van der Waals surface area contributed by atoms with Gasteiger partial charge in [-0.1, -0.05) is 16.8 Å². The summed E-state index contributed by atoms with van der Waals surface area (Å²) in [6.45, 7) is 0. The lowest BCUT2D eigenvalue weighted by molar-refractivity contribution is 0.353. The first-order valence-electron chi connectivity index (χ1n) is 5.65. The lowest BCUT2D eigenvalue weighted by atomic mass is 10.2. The number of hydrogen-bond acceptors (Lipinski definition) is 5. The van der Waals surface area contributed by atoms with Crippen molar-refractivity contribution in [2.45, 2.75) is 12.5 Å². The molecule has 4 nitrogen and oxygen atoms in total. The van der Waals surface area contributed by atoms with E-state index >= 15 is 0 Å². The third kappa shape index (κ3) is 3.46. The Kier molecular flexibility index (Phi) is 4.79. The summed E-state index contributed by atoms with van der Waals surface area (Å²) in [7, 11) is 0. The number of thioether (sulfide) groups is 1. The molecule has 102 valence electrons. The number of aromatic nitrogens is 2. The van der Waals surface area contributed by atoms with E-state index < -0.39 is 5.82 Å². The first kappa shape index (κ1) is 14.3. The van der Waals surface area contributed by atoms with E-state index in [1.807, 2.05) is 6.26 Å². The second-order valence-electron chi connectivity index (χ2n) is 3.97. The number of rotatable bonds is 5. The highest BCUT2D eigenvalue weighted by atomic mass is 35.5. The predicted octanol–water partition coefficient (Wildman–Crippen LogP) is 3.28. The van der Waals surface area contributed by atoms with E-state index in [-0.39, 0.29) is 11.1 Å². The quantitative estimate of drug-likeness (QED) is 0.918. The highest BCUT2D eigenvalue weighted by molar-refractivity contribution is 7.98. The Bertz CT molecular complexity index is 564. The van der Waals surface area contributed by atoms with E-state index in [0.29, 0.717) is 17.3 Å². The molecule has 1 atom stereocenters. The summed E-state index contributed by atoms with van der Waals surface area (Å²) in [5, 5.41) is 3.86. The molecule has 0 saturated heterocycles. The molecule has 0 aliphatic carbocycles. The van der Waals surface area contributed by atoms with Crippen molar-refractivity contribution in [3.05, 3.63) is 34.9 Å². The van der Waals surface area contributed by atoms with Crippen LogP contribution in [-0.2, 0) is 0 Å². The van der Waals surface area contributed by atoms with E-state index in [1.54, 1.807) is 17.8 Å². The van der Waals surface area contributed by atoms with Crippen LogP contribution >= 0.6 is 23.4 Å². The summed E-state index contributed by atoms with van der Waals surface area (Å²) in [5.41, 5.74) is 6.53. The highest BCUT2D eigenvalue weighted by Gasteiger charge is 2.16. The van der Waals surface area contributed by atoms with Crippen LogP contribution in [0.5, 0.6) is 0 Å². The molecule has 0 saturated carbocycles. The Morgan fingerprint density at radius 1 is 1.53 bits per heavy atom. The molecule has 0 radical (unpaired) electrons. The molecular weight excluding hydrogens is 289 g/mol. The van der Waals surface area contributed by atoms with E-state index in [1.165, 1.54) is 12.1 Å². The van der Waals surface area contributed by atoms with E-state index in [0.717, 1.165) is 12.2 Å². The molecule has 0 bridgehead atoms. The van der Waals surface area contributed by atoms with Gasteiger partial charge in [0.25, 0.3) is 0 Å². The maximum Gasteiger partial charge on any atom is 0.243 e. The van der Waals surface area contributed by atoms with Gasteiger partial charge in [0.05, 0.1) is 11.1 Å². The van der Waals surface area contributed by atoms with E-state index in [9.17, 15) is 4.39 Å². The van der Waals surface area contributed by atoms with Gasteiger partial charge < -0.3 is 10.3 Å². The lowest BCUT2D eigenvalue weighted by Crippen LogP contribution is -2.11. The molecule has 7 heteroatoms. The summed E-state index contributed by atoms with van der Waals surface area (Å²) in [6.07, 6.45) is 2.76. The summed E-state index contributed by atoms with van der Waals surface area (Å²) in [5.74, 6) is 1.17. The van der Waals surface area contributed by atoms with Gasteiger partial charge in [0.1, 0.15) is 5.82 Å². The van der Waals surface area contributed by atoms with Crippen molar-refractivity contribution >= 4 is 23.4 Å². The summed E-state index contributed by atoms with van der Waals surface area (Å²) >= 11 is 7.42. The molecular formula is C12H13ClFN3OS. The van der Waals surface area contributed by atoms with Gasteiger partial charge in [-0.3, -0.25) is 0 Å². The Morgan fingerprint density at radius 2 is 2.32 bits per heavy atom. The van der Waals surface area contributed by atoms with Gasteiger partial charge in [0, 0.05) is 5.56 Å². The second kappa shape index (κ2) is 6.36. The maximum absolute atomic E-state index is 13.1. The zero-order valence-electron chi connectivity index (χ0n) is 10.3. The molecule has 2 N–H and O–H groups in total. The van der Waals surface area contributed by atoms with Crippen molar-refractivity contribution in [1.82, 2.24) is 10.1 Å². The lowest BCUT2D eigenvalue weighted by Gasteiger charge is -2.03. The van der Waals surface area contributed by atoms with Crippen LogP contribution in [0.15, 0.2) is 22.7 Å². The number of nitrogens with two attached hydrogens (primary N) is 1. The molecule has 1 heterocycles. The highest BCUT2D eigenvalue weighted by Crippen LogP contribution is 2.24. The molecule has 2 aromatic rings. The predicted molar refractivity (Wildman–Crippen MR) is 74.6 cm³/mol. The third-order valence-electron chi connectivity index (χ3n) is 2.57. The minimum Gasteiger partial charge on any atom is -0.337 e. The average Bonchev–Trinajstić information content (AvgIpc) is 2.89. The molecule has 19 heavy (non-hydrogen) atoms. The van der Waals surface area contributed by atoms with Crippen LogP contribution in [0.25, 0.3) is 11.4 Å². The minimum atomic E-state index is -0.481. The Labute approximate surface area is 119 Å². The molecule has 2 rings (SSSR count). The fourth-order valence-electron chi connectivity index (χ4n) is 1.51. The zero-order valence-corrected chi connectivity index (χ0v) is 11.8. The first-order chi connectivity index (χ1) is 9.11. The monoisotopic (exact) mass is 301 g/mol. The summed E-state index contributed by atoms with van der Waals surface area (Å²) < 4.78 is 18.2. The van der Waals surface area contributed by atoms with Crippen molar-refractivity contribution in [1.29, 1.82) is 0 Å². The fourth-order valence-corrected chi connectivity index (χ4v) is 2.18. The van der Waals surface area contributed by atoms with Crippen LogP contribution in [-0.4, -0.2) is 22.1 Å². The van der Waals surface area contributed by atoms with Crippen LogP contribution in [0.4, 0.5) is 4.39 Å². The van der Waals surface area contributed by atoms with Gasteiger partial charge >= 0.3 is 0 Å². The Hall–Kier alpha value is -1.11. The van der Waals surface area contributed by atoms with E-state index in [2.05, 4.69) is 10.1 Å². The van der Waals surface area contributed by atoms with Crippen LogP contribution in [0, 0.1) is 5.82 Å². The van der Waals surface area contributed by atoms with Gasteiger partial charge in [-0.2, -0.15) is 16.7 Å². The second-order valence-corrected chi connectivity index (χ2v) is 5.37. The number of halogens is 2. The van der Waals surface area contributed by atoms with Crippen molar-refractivity contribution < 1.29 is 8.91 Å². The first-order valence-corrected chi connectivity index (χ1v) is 7.42. The molecule has 1 aromatic heterocycles. The topological polar surface area (TPSA) is 64.9 Å². The van der Waals surface area contributed by atoms with Crippen molar-refractivity contribution in [2.75, 3.05) is 12.0 Å². The molecule has 1 aromatic carbocycles. The summed E-state index contributed by atoms with van der Waals surface area (Å²) in [6, 6.07) is 3.98. The van der Waals surface area contributed by atoms with Crippen molar-refractivity contribution in [3.63, 3.8) is 0 Å². The molecule has 0 amide bonds. The summed E-state index contributed by atoms with van der Waals surface area (Å²) in [4.78, 5) is 4.21. The zero-order chi connectivity index (χ0) is 13.8. The molecule has 0 aliphatic heterocycles.